The maximum atomic E-state index is 2.36. The van der Waals surface area contributed by atoms with Crippen molar-refractivity contribution in [1.82, 2.24) is 0 Å². The zero-order valence-electron chi connectivity index (χ0n) is 26.0. The van der Waals surface area contributed by atoms with Gasteiger partial charge in [-0.15, -0.1) is 0 Å². The van der Waals surface area contributed by atoms with E-state index in [9.17, 15) is 0 Å². The van der Waals surface area contributed by atoms with E-state index in [0.717, 1.165) is 0 Å². The lowest BCUT2D eigenvalue weighted by atomic mass is 9.91. The van der Waals surface area contributed by atoms with Gasteiger partial charge in [0.05, 0.1) is 0 Å². The highest BCUT2D eigenvalue weighted by Gasteiger charge is 2.23. The standard InChI is InChI=1S/C48H26/c1-6-33(26-34(7-1)36-23-25-42-38-9-3-5-30-15-17-32-19-21-40(36)48(42)46(32)44(30)38)27-10-12-28(13-11-27)35-22-24-41-37-8-2-4-29-14-16-31-18-20-39(35)47(41)45(31)43(29)37/h1-26H. The molecule has 0 nitrogen and oxygen atoms in total. The van der Waals surface area contributed by atoms with E-state index in [1.165, 1.54) is 120 Å². The van der Waals surface area contributed by atoms with Crippen LogP contribution in [0.5, 0.6) is 0 Å². The average molecular weight is 603 g/mol. The normalized spacial score (nSPS) is 12.6. The number of hydrogen-bond acceptors (Lipinski definition) is 0. The van der Waals surface area contributed by atoms with E-state index in [4.69, 9.17) is 0 Å². The maximum Gasteiger partial charge on any atom is -0.00139 e. The Labute approximate surface area is 277 Å². The number of fused-ring (bicyclic) bond motifs is 2. The van der Waals surface area contributed by atoms with Crippen molar-refractivity contribution in [2.24, 2.45) is 0 Å². The second-order valence-corrected chi connectivity index (χ2v) is 13.6. The fraction of sp³-hybridized carbons (Fsp3) is 0. The van der Waals surface area contributed by atoms with Crippen LogP contribution in [0.15, 0.2) is 158 Å². The molecule has 0 radical (unpaired) electrons. The molecule has 0 atom stereocenters. The number of hydrogen-bond donors (Lipinski definition) is 0. The minimum Gasteiger partial charge on any atom is -0.0610 e. The summed E-state index contributed by atoms with van der Waals surface area (Å²) in [4.78, 5) is 0. The molecule has 0 saturated carbocycles. The highest BCUT2D eigenvalue weighted by atomic mass is 14.3. The Morgan fingerprint density at radius 3 is 1.21 bits per heavy atom. The quantitative estimate of drug-likeness (QED) is 0.177. The molecule has 10 aromatic carbocycles. The van der Waals surface area contributed by atoms with Crippen LogP contribution in [0.25, 0.3) is 120 Å². The summed E-state index contributed by atoms with van der Waals surface area (Å²) in [5.41, 5.74) is 13.0. The largest absolute Gasteiger partial charge is 0.0610 e. The van der Waals surface area contributed by atoms with Crippen molar-refractivity contribution < 1.29 is 0 Å². The van der Waals surface area contributed by atoms with Crippen LogP contribution in [0.3, 0.4) is 0 Å². The molecule has 0 bridgehead atoms. The molecular formula is C48H26. The summed E-state index contributed by atoms with van der Waals surface area (Å²) in [7, 11) is 0. The van der Waals surface area contributed by atoms with Crippen LogP contribution < -0.4 is 0 Å². The lowest BCUT2D eigenvalue weighted by Crippen LogP contribution is -1.86. The van der Waals surface area contributed by atoms with Crippen LogP contribution in [0.4, 0.5) is 0 Å². The van der Waals surface area contributed by atoms with Crippen LogP contribution >= 0.6 is 0 Å². The smallest absolute Gasteiger partial charge is 0.00139 e. The summed E-state index contributed by atoms with van der Waals surface area (Å²) in [6.07, 6.45) is 0. The molecule has 48 heavy (non-hydrogen) atoms. The van der Waals surface area contributed by atoms with Crippen LogP contribution in [-0.4, -0.2) is 0 Å². The lowest BCUT2D eigenvalue weighted by Gasteiger charge is -2.13. The first-order valence-corrected chi connectivity index (χ1v) is 16.8. The van der Waals surface area contributed by atoms with E-state index in [1.54, 1.807) is 0 Å². The molecule has 0 aromatic heterocycles. The molecule has 2 aliphatic carbocycles. The van der Waals surface area contributed by atoms with Crippen LogP contribution in [0, 0.1) is 0 Å². The maximum absolute atomic E-state index is 2.36. The van der Waals surface area contributed by atoms with E-state index < -0.39 is 0 Å². The van der Waals surface area contributed by atoms with Gasteiger partial charge in [-0.05, 0) is 126 Å². The second kappa shape index (κ2) is 8.76. The molecule has 0 unspecified atom stereocenters. The molecule has 12 rings (SSSR count). The SMILES string of the molecule is c1cc(-c2ccc(-c3ccc4c5c3ccc3ccc6cccc-4c6c35)cc2)cc(-c2ccc3c4c2ccc2ccc5cccc-3c5c24)c1. The molecule has 0 aliphatic heterocycles. The predicted molar refractivity (Wildman–Crippen MR) is 206 cm³/mol. The minimum absolute atomic E-state index is 1.23. The molecule has 0 N–H and O–H groups in total. The Bertz CT molecular complexity index is 3090. The number of rotatable bonds is 3. The van der Waals surface area contributed by atoms with Crippen LogP contribution in [-0.2, 0) is 0 Å². The fourth-order valence-corrected chi connectivity index (χ4v) is 9.19. The molecule has 10 aromatic rings. The summed E-state index contributed by atoms with van der Waals surface area (Å²) < 4.78 is 0. The zero-order chi connectivity index (χ0) is 31.1. The minimum atomic E-state index is 1.23. The summed E-state index contributed by atoms with van der Waals surface area (Å²) in [6.45, 7) is 0. The van der Waals surface area contributed by atoms with E-state index in [1.807, 2.05) is 0 Å². The van der Waals surface area contributed by atoms with Crippen molar-refractivity contribution >= 4 is 64.6 Å². The summed E-state index contributed by atoms with van der Waals surface area (Å²) >= 11 is 0. The van der Waals surface area contributed by atoms with E-state index >= 15 is 0 Å². The van der Waals surface area contributed by atoms with Gasteiger partial charge < -0.3 is 0 Å². The van der Waals surface area contributed by atoms with Gasteiger partial charge in [-0.3, -0.25) is 0 Å². The van der Waals surface area contributed by atoms with E-state index in [2.05, 4.69) is 158 Å². The molecule has 0 heterocycles. The second-order valence-electron chi connectivity index (χ2n) is 13.6. The third kappa shape index (κ3) is 3.06. The third-order valence-electron chi connectivity index (χ3n) is 11.3. The van der Waals surface area contributed by atoms with Crippen LogP contribution in [0.2, 0.25) is 0 Å². The Kier molecular flexibility index (Phi) is 4.55. The Morgan fingerprint density at radius 1 is 0.208 bits per heavy atom. The van der Waals surface area contributed by atoms with Gasteiger partial charge in [-0.2, -0.15) is 0 Å². The first-order chi connectivity index (χ1) is 23.8. The van der Waals surface area contributed by atoms with Crippen molar-refractivity contribution in [3.8, 4) is 55.6 Å². The Balaban J connectivity index is 0.970. The van der Waals surface area contributed by atoms with Crippen molar-refractivity contribution in [1.29, 1.82) is 0 Å². The lowest BCUT2D eigenvalue weighted by molar-refractivity contribution is 1.60. The van der Waals surface area contributed by atoms with Crippen LogP contribution in [0.1, 0.15) is 0 Å². The summed E-state index contributed by atoms with van der Waals surface area (Å²) in [5, 5.41) is 16.4. The highest BCUT2D eigenvalue weighted by molar-refractivity contribution is 6.35. The molecule has 0 heteroatoms. The van der Waals surface area contributed by atoms with Gasteiger partial charge in [0, 0.05) is 0 Å². The Hall–Kier alpha value is -6.24. The van der Waals surface area contributed by atoms with Gasteiger partial charge >= 0.3 is 0 Å². The molecule has 218 valence electrons. The van der Waals surface area contributed by atoms with Gasteiger partial charge in [-0.1, -0.05) is 152 Å². The van der Waals surface area contributed by atoms with Gasteiger partial charge in [0.2, 0.25) is 0 Å². The molecule has 0 amide bonds. The van der Waals surface area contributed by atoms with Crippen molar-refractivity contribution in [2.75, 3.05) is 0 Å². The average Bonchev–Trinajstić information content (AvgIpc) is 3.68. The first-order valence-electron chi connectivity index (χ1n) is 16.8. The predicted octanol–water partition coefficient (Wildman–Crippen LogP) is 13.6. The number of benzene rings is 10. The summed E-state index contributed by atoms with van der Waals surface area (Å²) in [6, 6.07) is 59.3. The van der Waals surface area contributed by atoms with Gasteiger partial charge in [0.1, 0.15) is 0 Å². The van der Waals surface area contributed by atoms with Crippen molar-refractivity contribution in [3.63, 3.8) is 0 Å². The molecule has 0 fully saturated rings. The Morgan fingerprint density at radius 2 is 0.625 bits per heavy atom. The van der Waals surface area contributed by atoms with E-state index in [-0.39, 0.29) is 0 Å². The van der Waals surface area contributed by atoms with Gasteiger partial charge in [0.15, 0.2) is 0 Å². The van der Waals surface area contributed by atoms with Crippen molar-refractivity contribution in [2.45, 2.75) is 0 Å². The first kappa shape index (κ1) is 24.9. The monoisotopic (exact) mass is 602 g/mol. The molecule has 2 aliphatic rings. The van der Waals surface area contributed by atoms with Crippen molar-refractivity contribution in [3.05, 3.63) is 158 Å². The molecular weight excluding hydrogens is 577 g/mol. The highest BCUT2D eigenvalue weighted by Crippen LogP contribution is 2.51. The van der Waals surface area contributed by atoms with Gasteiger partial charge in [0.25, 0.3) is 0 Å². The zero-order valence-corrected chi connectivity index (χ0v) is 26.0. The fourth-order valence-electron chi connectivity index (χ4n) is 9.19. The summed E-state index contributed by atoms with van der Waals surface area (Å²) in [5.74, 6) is 0. The topological polar surface area (TPSA) is 0 Å². The third-order valence-corrected chi connectivity index (χ3v) is 11.3. The van der Waals surface area contributed by atoms with E-state index in [0.29, 0.717) is 0 Å². The van der Waals surface area contributed by atoms with Gasteiger partial charge in [-0.25, -0.2) is 0 Å². The molecule has 0 spiro atoms. The molecule has 0 saturated heterocycles.